The van der Waals surface area contributed by atoms with Crippen LogP contribution in [0.2, 0.25) is 0 Å². The summed E-state index contributed by atoms with van der Waals surface area (Å²) in [6.45, 7) is 3.94. The minimum Gasteiger partial charge on any atom is -0.484 e. The van der Waals surface area contributed by atoms with Crippen molar-refractivity contribution in [2.75, 3.05) is 25.0 Å². The molecule has 0 saturated carbocycles. The summed E-state index contributed by atoms with van der Waals surface area (Å²) in [6.07, 6.45) is 5.47. The number of anilines is 1. The second kappa shape index (κ2) is 8.35. The van der Waals surface area contributed by atoms with Crippen LogP contribution >= 0.6 is 11.3 Å². The topological polar surface area (TPSA) is 58.6 Å². The molecule has 2 aliphatic rings. The molecule has 1 atom stereocenters. The number of likely N-dealkylation sites (tertiary alicyclic amines) is 1. The van der Waals surface area contributed by atoms with E-state index in [0.29, 0.717) is 17.4 Å². The molecule has 0 bridgehead atoms. The highest BCUT2D eigenvalue weighted by molar-refractivity contribution is 7.14. The van der Waals surface area contributed by atoms with Gasteiger partial charge in [-0.25, -0.2) is 0 Å². The van der Waals surface area contributed by atoms with Crippen LogP contribution in [0.1, 0.15) is 46.3 Å². The van der Waals surface area contributed by atoms with Crippen molar-refractivity contribution >= 4 is 28.8 Å². The molecule has 28 heavy (non-hydrogen) atoms. The molecule has 5 nitrogen and oxygen atoms in total. The number of rotatable bonds is 5. The Morgan fingerprint density at radius 3 is 2.89 bits per heavy atom. The van der Waals surface area contributed by atoms with Crippen LogP contribution in [-0.4, -0.2) is 36.4 Å². The largest absolute Gasteiger partial charge is 0.484 e. The predicted octanol–water partition coefficient (Wildman–Crippen LogP) is 4.13. The third-order valence-corrected chi connectivity index (χ3v) is 6.70. The van der Waals surface area contributed by atoms with Gasteiger partial charge in [-0.15, -0.1) is 11.3 Å². The Morgan fingerprint density at radius 1 is 1.25 bits per heavy atom. The Labute approximate surface area is 169 Å². The van der Waals surface area contributed by atoms with Crippen molar-refractivity contribution in [2.24, 2.45) is 5.92 Å². The first-order valence-corrected chi connectivity index (χ1v) is 10.8. The van der Waals surface area contributed by atoms with Crippen molar-refractivity contribution < 1.29 is 14.3 Å². The molecular formula is C22H26N2O3S. The van der Waals surface area contributed by atoms with E-state index in [9.17, 15) is 9.59 Å². The zero-order chi connectivity index (χ0) is 19.5. The lowest BCUT2D eigenvalue weighted by Crippen LogP contribution is -2.32. The van der Waals surface area contributed by atoms with Gasteiger partial charge >= 0.3 is 0 Å². The van der Waals surface area contributed by atoms with E-state index in [1.807, 2.05) is 23.1 Å². The smallest absolute Gasteiger partial charge is 0.265 e. The number of hydrogen-bond acceptors (Lipinski definition) is 4. The van der Waals surface area contributed by atoms with Gasteiger partial charge in [-0.3, -0.25) is 9.59 Å². The fraction of sp³-hybridized carbons (Fsp3) is 0.455. The molecule has 1 unspecified atom stereocenters. The molecule has 1 aliphatic heterocycles. The first-order valence-electron chi connectivity index (χ1n) is 10.0. The van der Waals surface area contributed by atoms with Crippen LogP contribution in [0.25, 0.3) is 0 Å². The summed E-state index contributed by atoms with van der Waals surface area (Å²) in [5.41, 5.74) is 2.00. The molecule has 1 aromatic carbocycles. The Bertz CT molecular complexity index is 870. The van der Waals surface area contributed by atoms with Gasteiger partial charge in [0.05, 0.1) is 4.88 Å². The van der Waals surface area contributed by atoms with Crippen LogP contribution in [0.4, 0.5) is 5.69 Å². The molecule has 1 fully saturated rings. The molecule has 1 aliphatic carbocycles. The zero-order valence-corrected chi connectivity index (χ0v) is 17.0. The number of aryl methyl sites for hydroxylation is 1. The number of nitrogens with zero attached hydrogens (tertiary/aromatic N) is 1. The van der Waals surface area contributed by atoms with Crippen LogP contribution in [0, 0.1) is 5.92 Å². The van der Waals surface area contributed by atoms with Gasteiger partial charge in [0.25, 0.3) is 11.8 Å². The van der Waals surface area contributed by atoms with Gasteiger partial charge in [-0.1, -0.05) is 13.0 Å². The predicted molar refractivity (Wildman–Crippen MR) is 111 cm³/mol. The average Bonchev–Trinajstić information content (AvgIpc) is 3.36. The van der Waals surface area contributed by atoms with Gasteiger partial charge in [0, 0.05) is 29.7 Å². The number of fused-ring (bicyclic) bond motifs is 1. The highest BCUT2D eigenvalue weighted by Gasteiger charge is 2.21. The monoisotopic (exact) mass is 398 g/mol. The number of carbonyl (C=O) groups is 2. The standard InChI is InChI=1S/C22H26N2O3S/c1-15-7-8-19-16(11-15)12-20(28-19)22(26)23-17-5-4-6-18(13-17)27-14-21(25)24-9-2-3-10-24/h4-6,12-13,15H,2-3,7-11,14H2,1H3,(H,23,26). The van der Waals surface area contributed by atoms with Crippen molar-refractivity contribution in [1.82, 2.24) is 4.90 Å². The molecule has 4 rings (SSSR count). The van der Waals surface area contributed by atoms with Gasteiger partial charge in [-0.2, -0.15) is 0 Å². The van der Waals surface area contributed by atoms with Crippen molar-refractivity contribution in [3.8, 4) is 5.75 Å². The van der Waals surface area contributed by atoms with E-state index >= 15 is 0 Å². The quantitative estimate of drug-likeness (QED) is 0.824. The van der Waals surface area contributed by atoms with E-state index in [-0.39, 0.29) is 18.4 Å². The van der Waals surface area contributed by atoms with Crippen molar-refractivity contribution in [1.29, 1.82) is 0 Å². The Hall–Kier alpha value is -2.34. The van der Waals surface area contributed by atoms with Crippen molar-refractivity contribution in [3.63, 3.8) is 0 Å². The summed E-state index contributed by atoms with van der Waals surface area (Å²) < 4.78 is 5.65. The highest BCUT2D eigenvalue weighted by atomic mass is 32.1. The minimum atomic E-state index is -0.0858. The average molecular weight is 399 g/mol. The third-order valence-electron chi connectivity index (χ3n) is 5.47. The molecule has 1 aromatic heterocycles. The van der Waals surface area contributed by atoms with E-state index in [2.05, 4.69) is 12.2 Å². The SMILES string of the molecule is CC1CCc2sc(C(=O)Nc3cccc(OCC(=O)N4CCCC4)c3)cc2C1. The first kappa shape index (κ1) is 19.0. The van der Waals surface area contributed by atoms with Gasteiger partial charge in [0.2, 0.25) is 0 Å². The molecule has 1 N–H and O–H groups in total. The number of ether oxygens (including phenoxy) is 1. The van der Waals surface area contributed by atoms with E-state index in [0.717, 1.165) is 43.6 Å². The Kier molecular flexibility index (Phi) is 5.67. The maximum absolute atomic E-state index is 12.7. The van der Waals surface area contributed by atoms with Crippen LogP contribution in [0.15, 0.2) is 30.3 Å². The molecular weight excluding hydrogens is 372 g/mol. The molecule has 2 aromatic rings. The van der Waals surface area contributed by atoms with Gasteiger partial charge in [0.15, 0.2) is 6.61 Å². The normalized spacial score (nSPS) is 18.6. The molecule has 148 valence electrons. The lowest BCUT2D eigenvalue weighted by atomic mass is 9.90. The number of carbonyl (C=O) groups excluding carboxylic acids is 2. The molecule has 0 radical (unpaired) electrons. The zero-order valence-electron chi connectivity index (χ0n) is 16.2. The minimum absolute atomic E-state index is 0.0188. The van der Waals surface area contributed by atoms with Gasteiger partial charge in [0.1, 0.15) is 5.75 Å². The fourth-order valence-electron chi connectivity index (χ4n) is 3.88. The van der Waals surface area contributed by atoms with Crippen LogP contribution in [0.5, 0.6) is 5.75 Å². The summed E-state index contributed by atoms with van der Waals surface area (Å²) in [5, 5.41) is 2.96. The van der Waals surface area contributed by atoms with E-state index < -0.39 is 0 Å². The molecule has 1 saturated heterocycles. The molecule has 0 spiro atoms. The van der Waals surface area contributed by atoms with Crippen LogP contribution < -0.4 is 10.1 Å². The first-order chi connectivity index (χ1) is 13.6. The molecule has 2 heterocycles. The lowest BCUT2D eigenvalue weighted by Gasteiger charge is -2.16. The number of amides is 2. The third kappa shape index (κ3) is 4.38. The summed E-state index contributed by atoms with van der Waals surface area (Å²) in [5.74, 6) is 1.21. The summed E-state index contributed by atoms with van der Waals surface area (Å²) in [7, 11) is 0. The number of thiophene rings is 1. The number of benzene rings is 1. The fourth-order valence-corrected chi connectivity index (χ4v) is 4.98. The lowest BCUT2D eigenvalue weighted by molar-refractivity contribution is -0.132. The Balaban J connectivity index is 1.36. The van der Waals surface area contributed by atoms with E-state index in [1.54, 1.807) is 23.5 Å². The number of nitrogens with one attached hydrogen (secondary N) is 1. The number of hydrogen-bond donors (Lipinski definition) is 1. The van der Waals surface area contributed by atoms with Crippen molar-refractivity contribution in [3.05, 3.63) is 45.6 Å². The second-order valence-electron chi connectivity index (χ2n) is 7.77. The maximum atomic E-state index is 12.7. The molecule has 6 heteroatoms. The molecule has 2 amide bonds. The summed E-state index contributed by atoms with van der Waals surface area (Å²) in [6, 6.07) is 9.28. The van der Waals surface area contributed by atoms with Crippen molar-refractivity contribution in [2.45, 2.75) is 39.0 Å². The van der Waals surface area contributed by atoms with E-state index in [4.69, 9.17) is 4.74 Å². The highest BCUT2D eigenvalue weighted by Crippen LogP contribution is 2.32. The maximum Gasteiger partial charge on any atom is 0.265 e. The van der Waals surface area contributed by atoms with Gasteiger partial charge in [-0.05, 0) is 61.8 Å². The van der Waals surface area contributed by atoms with Crippen LogP contribution in [-0.2, 0) is 17.6 Å². The summed E-state index contributed by atoms with van der Waals surface area (Å²) >= 11 is 1.60. The summed E-state index contributed by atoms with van der Waals surface area (Å²) in [4.78, 5) is 28.7. The van der Waals surface area contributed by atoms with E-state index in [1.165, 1.54) is 16.9 Å². The Morgan fingerprint density at radius 2 is 2.07 bits per heavy atom. The van der Waals surface area contributed by atoms with Gasteiger partial charge < -0.3 is 15.0 Å². The second-order valence-corrected chi connectivity index (χ2v) is 8.90. The van der Waals surface area contributed by atoms with Crippen LogP contribution in [0.3, 0.4) is 0 Å².